The van der Waals surface area contributed by atoms with Crippen molar-refractivity contribution in [2.45, 2.75) is 44.2 Å². The molecule has 0 aromatic carbocycles. The van der Waals surface area contributed by atoms with Crippen LogP contribution >= 0.6 is 0 Å². The predicted octanol–water partition coefficient (Wildman–Crippen LogP) is 1.38. The number of hydrogen-bond donors (Lipinski definition) is 1. The van der Waals surface area contributed by atoms with Crippen LogP contribution in [-0.2, 0) is 4.74 Å². The highest BCUT2D eigenvalue weighted by atomic mass is 16.5. The lowest BCUT2D eigenvalue weighted by atomic mass is 9.79. The van der Waals surface area contributed by atoms with E-state index < -0.39 is 0 Å². The van der Waals surface area contributed by atoms with Crippen molar-refractivity contribution in [2.75, 3.05) is 33.9 Å². The fraction of sp³-hybridized carbons (Fsp3) is 0.923. The molecule has 1 fully saturated rings. The van der Waals surface area contributed by atoms with Crippen molar-refractivity contribution in [3.05, 3.63) is 0 Å². The van der Waals surface area contributed by atoms with Crippen LogP contribution < -0.4 is 5.32 Å². The van der Waals surface area contributed by atoms with Gasteiger partial charge in [0, 0.05) is 19.2 Å². The molecular formula is C13H25N3O. The van der Waals surface area contributed by atoms with E-state index in [4.69, 9.17) is 4.74 Å². The fourth-order valence-corrected chi connectivity index (χ4v) is 2.54. The fourth-order valence-electron chi connectivity index (χ4n) is 2.54. The lowest BCUT2D eigenvalue weighted by Gasteiger charge is -2.39. The van der Waals surface area contributed by atoms with Crippen LogP contribution in [0.1, 0.15) is 32.6 Å². The molecule has 0 aromatic heterocycles. The van der Waals surface area contributed by atoms with E-state index in [1.54, 1.807) is 0 Å². The summed E-state index contributed by atoms with van der Waals surface area (Å²) in [7, 11) is 4.03. The molecule has 0 aromatic rings. The molecule has 1 saturated carbocycles. The number of hydrogen-bond acceptors (Lipinski definition) is 4. The predicted molar refractivity (Wildman–Crippen MR) is 68.8 cm³/mol. The summed E-state index contributed by atoms with van der Waals surface area (Å²) in [6.07, 6.45) is 4.20. The van der Waals surface area contributed by atoms with E-state index in [1.165, 1.54) is 6.42 Å². The Kier molecular flexibility index (Phi) is 5.90. The second-order valence-electron chi connectivity index (χ2n) is 4.87. The maximum atomic E-state index is 9.30. The summed E-state index contributed by atoms with van der Waals surface area (Å²) in [6, 6.07) is 2.95. The molecule has 0 bridgehead atoms. The van der Waals surface area contributed by atoms with E-state index in [0.29, 0.717) is 6.04 Å². The minimum Gasteiger partial charge on any atom is -0.380 e. The summed E-state index contributed by atoms with van der Waals surface area (Å²) in [5.41, 5.74) is -0.317. The summed E-state index contributed by atoms with van der Waals surface area (Å²) >= 11 is 0. The van der Waals surface area contributed by atoms with Gasteiger partial charge in [-0.05, 0) is 46.7 Å². The van der Waals surface area contributed by atoms with Crippen LogP contribution in [0.25, 0.3) is 0 Å². The summed E-state index contributed by atoms with van der Waals surface area (Å²) < 4.78 is 5.38. The molecule has 0 spiro atoms. The molecule has 0 heterocycles. The Labute approximate surface area is 105 Å². The molecule has 0 aliphatic heterocycles. The van der Waals surface area contributed by atoms with E-state index in [0.717, 1.165) is 39.0 Å². The van der Waals surface area contributed by atoms with Gasteiger partial charge in [0.05, 0.1) is 12.7 Å². The Hall–Kier alpha value is -0.630. The largest absolute Gasteiger partial charge is 0.380 e. The molecule has 1 N–H and O–H groups in total. The minimum absolute atomic E-state index is 0.317. The Morgan fingerprint density at radius 2 is 2.35 bits per heavy atom. The van der Waals surface area contributed by atoms with E-state index >= 15 is 0 Å². The molecular weight excluding hydrogens is 214 g/mol. The number of nitrogens with zero attached hydrogens (tertiary/aromatic N) is 2. The highest BCUT2D eigenvalue weighted by Crippen LogP contribution is 2.30. The van der Waals surface area contributed by atoms with Crippen LogP contribution in [0.5, 0.6) is 0 Å². The Balaban J connectivity index is 2.46. The molecule has 4 nitrogen and oxygen atoms in total. The van der Waals surface area contributed by atoms with E-state index in [9.17, 15) is 5.26 Å². The third kappa shape index (κ3) is 3.95. The Morgan fingerprint density at radius 1 is 1.59 bits per heavy atom. The first-order valence-electron chi connectivity index (χ1n) is 6.55. The molecule has 17 heavy (non-hydrogen) atoms. The van der Waals surface area contributed by atoms with Gasteiger partial charge in [-0.3, -0.25) is 0 Å². The standard InChI is InChI=1S/C13H25N3O/c1-4-17-9-8-16(3)12-6-5-7-13(10-12,11-14)15-2/h12,15H,4-10H2,1-3H3. The van der Waals surface area contributed by atoms with Crippen molar-refractivity contribution in [2.24, 2.45) is 0 Å². The van der Waals surface area contributed by atoms with Crippen molar-refractivity contribution in [1.82, 2.24) is 10.2 Å². The number of rotatable bonds is 6. The van der Waals surface area contributed by atoms with Gasteiger partial charge in [0.25, 0.3) is 0 Å². The van der Waals surface area contributed by atoms with Crippen LogP contribution in [-0.4, -0.2) is 50.3 Å². The van der Waals surface area contributed by atoms with E-state index in [1.807, 2.05) is 14.0 Å². The van der Waals surface area contributed by atoms with Crippen molar-refractivity contribution in [1.29, 1.82) is 5.26 Å². The topological polar surface area (TPSA) is 48.3 Å². The maximum absolute atomic E-state index is 9.30. The van der Waals surface area contributed by atoms with Gasteiger partial charge in [0.15, 0.2) is 0 Å². The SMILES string of the molecule is CCOCCN(C)C1CCCC(C#N)(NC)C1. The van der Waals surface area contributed by atoms with Gasteiger partial charge in [-0.1, -0.05) is 0 Å². The first-order chi connectivity index (χ1) is 8.17. The van der Waals surface area contributed by atoms with Gasteiger partial charge in [0.1, 0.15) is 5.54 Å². The zero-order valence-corrected chi connectivity index (χ0v) is 11.3. The molecule has 2 atom stereocenters. The molecule has 0 radical (unpaired) electrons. The molecule has 2 unspecified atom stereocenters. The second kappa shape index (κ2) is 6.95. The van der Waals surface area contributed by atoms with Crippen LogP contribution in [0, 0.1) is 11.3 Å². The van der Waals surface area contributed by atoms with Crippen LogP contribution in [0.4, 0.5) is 0 Å². The molecule has 4 heteroatoms. The molecule has 0 saturated heterocycles. The van der Waals surface area contributed by atoms with Gasteiger partial charge in [0.2, 0.25) is 0 Å². The monoisotopic (exact) mass is 239 g/mol. The smallest absolute Gasteiger partial charge is 0.108 e. The zero-order chi connectivity index (χ0) is 12.7. The summed E-state index contributed by atoms with van der Waals surface area (Å²) in [4.78, 5) is 2.33. The summed E-state index contributed by atoms with van der Waals surface area (Å²) in [5.74, 6) is 0. The van der Waals surface area contributed by atoms with Crippen LogP contribution in [0.15, 0.2) is 0 Å². The molecule has 0 amide bonds. The third-order valence-electron chi connectivity index (χ3n) is 3.83. The maximum Gasteiger partial charge on any atom is 0.108 e. The Morgan fingerprint density at radius 3 is 2.94 bits per heavy atom. The second-order valence-corrected chi connectivity index (χ2v) is 4.87. The van der Waals surface area contributed by atoms with E-state index in [2.05, 4.69) is 23.3 Å². The molecule has 1 aliphatic rings. The van der Waals surface area contributed by atoms with Gasteiger partial charge >= 0.3 is 0 Å². The van der Waals surface area contributed by atoms with Crippen molar-refractivity contribution in [3.8, 4) is 6.07 Å². The number of nitrogens with one attached hydrogen (secondary N) is 1. The first-order valence-corrected chi connectivity index (χ1v) is 6.55. The minimum atomic E-state index is -0.317. The average molecular weight is 239 g/mol. The van der Waals surface area contributed by atoms with Crippen LogP contribution in [0.2, 0.25) is 0 Å². The zero-order valence-electron chi connectivity index (χ0n) is 11.3. The summed E-state index contributed by atoms with van der Waals surface area (Å²) in [6.45, 7) is 4.52. The highest BCUT2D eigenvalue weighted by Gasteiger charge is 2.36. The van der Waals surface area contributed by atoms with Crippen LogP contribution in [0.3, 0.4) is 0 Å². The van der Waals surface area contributed by atoms with Crippen molar-refractivity contribution < 1.29 is 4.74 Å². The number of likely N-dealkylation sites (N-methyl/N-ethyl adjacent to an activating group) is 1. The third-order valence-corrected chi connectivity index (χ3v) is 3.83. The number of nitriles is 1. The van der Waals surface area contributed by atoms with Gasteiger partial charge in [-0.15, -0.1) is 0 Å². The lowest BCUT2D eigenvalue weighted by molar-refractivity contribution is 0.0864. The van der Waals surface area contributed by atoms with Crippen molar-refractivity contribution in [3.63, 3.8) is 0 Å². The lowest BCUT2D eigenvalue weighted by Crippen LogP contribution is -2.51. The van der Waals surface area contributed by atoms with Crippen molar-refractivity contribution >= 4 is 0 Å². The quantitative estimate of drug-likeness (QED) is 0.711. The average Bonchev–Trinajstić information content (AvgIpc) is 2.39. The highest BCUT2D eigenvalue weighted by molar-refractivity contribution is 5.10. The number of ether oxygens (including phenoxy) is 1. The normalized spacial score (nSPS) is 29.2. The Bertz CT molecular complexity index is 264. The summed E-state index contributed by atoms with van der Waals surface area (Å²) in [5, 5.41) is 12.5. The van der Waals surface area contributed by atoms with Gasteiger partial charge in [-0.2, -0.15) is 5.26 Å². The molecule has 1 rings (SSSR count). The molecule has 98 valence electrons. The molecule has 1 aliphatic carbocycles. The first kappa shape index (κ1) is 14.4. The van der Waals surface area contributed by atoms with E-state index in [-0.39, 0.29) is 5.54 Å². The van der Waals surface area contributed by atoms with Gasteiger partial charge < -0.3 is 15.0 Å². The van der Waals surface area contributed by atoms with Gasteiger partial charge in [-0.25, -0.2) is 0 Å².